The van der Waals surface area contributed by atoms with Gasteiger partial charge in [-0.25, -0.2) is 0 Å². The molecule has 0 aliphatic heterocycles. The van der Waals surface area contributed by atoms with E-state index >= 15 is 0 Å². The van der Waals surface area contributed by atoms with Crippen LogP contribution in [0.15, 0.2) is 12.1 Å². The number of hydrogen-bond donors (Lipinski definition) is 1. The normalized spacial score (nSPS) is 19.7. The van der Waals surface area contributed by atoms with Gasteiger partial charge in [0.05, 0.1) is 5.92 Å². The van der Waals surface area contributed by atoms with Crippen LogP contribution >= 0.6 is 0 Å². The summed E-state index contributed by atoms with van der Waals surface area (Å²) in [5.74, 6) is -0.835. The number of carboxylic acid groups (broad SMARTS) is 1. The molecule has 0 saturated heterocycles. The van der Waals surface area contributed by atoms with Crippen molar-refractivity contribution in [2.24, 2.45) is 5.92 Å². The minimum absolute atomic E-state index is 0.182. The largest absolute Gasteiger partial charge is 0.481 e. The SMILES string of the molecule is Cc1cc(C)c2c(c1)CC(C(=O)O)CC2. The maximum atomic E-state index is 10.9. The molecular formula is C13H16O2. The van der Waals surface area contributed by atoms with Crippen LogP contribution in [0.4, 0.5) is 0 Å². The summed E-state index contributed by atoms with van der Waals surface area (Å²) in [6.45, 7) is 4.19. The molecule has 1 N–H and O–H groups in total. The lowest BCUT2D eigenvalue weighted by Gasteiger charge is -2.23. The van der Waals surface area contributed by atoms with E-state index in [-0.39, 0.29) is 5.92 Å². The summed E-state index contributed by atoms with van der Waals surface area (Å²) in [5.41, 5.74) is 5.16. The lowest BCUT2D eigenvalue weighted by molar-refractivity contribution is -0.142. The number of hydrogen-bond acceptors (Lipinski definition) is 1. The van der Waals surface area contributed by atoms with Gasteiger partial charge in [0.25, 0.3) is 0 Å². The minimum atomic E-state index is -0.653. The number of carboxylic acids is 1. The summed E-state index contributed by atoms with van der Waals surface area (Å²) in [7, 11) is 0. The Labute approximate surface area is 89.9 Å². The summed E-state index contributed by atoms with van der Waals surface area (Å²) < 4.78 is 0. The molecule has 0 saturated carbocycles. The van der Waals surface area contributed by atoms with Gasteiger partial charge in [-0.1, -0.05) is 17.7 Å². The molecule has 1 aliphatic rings. The molecule has 0 amide bonds. The second-order valence-corrected chi connectivity index (χ2v) is 4.50. The van der Waals surface area contributed by atoms with Crippen molar-refractivity contribution in [3.8, 4) is 0 Å². The second kappa shape index (κ2) is 3.69. The fourth-order valence-electron chi connectivity index (χ4n) is 2.52. The molecule has 0 fully saturated rings. The third kappa shape index (κ3) is 1.89. The molecule has 1 atom stereocenters. The molecular weight excluding hydrogens is 188 g/mol. The maximum absolute atomic E-state index is 10.9. The van der Waals surface area contributed by atoms with Gasteiger partial charge in [0.2, 0.25) is 0 Å². The van der Waals surface area contributed by atoms with Gasteiger partial charge in [0.15, 0.2) is 0 Å². The van der Waals surface area contributed by atoms with E-state index in [0.29, 0.717) is 6.42 Å². The predicted molar refractivity (Wildman–Crippen MR) is 59.1 cm³/mol. The monoisotopic (exact) mass is 204 g/mol. The van der Waals surface area contributed by atoms with Crippen LogP contribution in [-0.4, -0.2) is 11.1 Å². The molecule has 0 aromatic heterocycles. The first kappa shape index (κ1) is 10.2. The first-order valence-corrected chi connectivity index (χ1v) is 5.39. The van der Waals surface area contributed by atoms with E-state index in [1.165, 1.54) is 22.3 Å². The zero-order valence-electron chi connectivity index (χ0n) is 9.21. The van der Waals surface area contributed by atoms with Crippen LogP contribution in [0.1, 0.15) is 28.7 Å². The summed E-state index contributed by atoms with van der Waals surface area (Å²) in [5, 5.41) is 9.00. The third-order valence-electron chi connectivity index (χ3n) is 3.27. The van der Waals surface area contributed by atoms with Gasteiger partial charge >= 0.3 is 5.97 Å². The fourth-order valence-corrected chi connectivity index (χ4v) is 2.52. The van der Waals surface area contributed by atoms with Gasteiger partial charge in [-0.2, -0.15) is 0 Å². The van der Waals surface area contributed by atoms with Crippen LogP contribution < -0.4 is 0 Å². The van der Waals surface area contributed by atoms with E-state index in [4.69, 9.17) is 5.11 Å². The van der Waals surface area contributed by atoms with Crippen molar-refractivity contribution >= 4 is 5.97 Å². The highest BCUT2D eigenvalue weighted by Crippen LogP contribution is 2.29. The van der Waals surface area contributed by atoms with E-state index in [9.17, 15) is 4.79 Å². The van der Waals surface area contributed by atoms with E-state index < -0.39 is 5.97 Å². The molecule has 1 unspecified atom stereocenters. The van der Waals surface area contributed by atoms with Crippen molar-refractivity contribution < 1.29 is 9.90 Å². The topological polar surface area (TPSA) is 37.3 Å². The minimum Gasteiger partial charge on any atom is -0.481 e. The van der Waals surface area contributed by atoms with E-state index in [2.05, 4.69) is 26.0 Å². The smallest absolute Gasteiger partial charge is 0.306 e. The zero-order chi connectivity index (χ0) is 11.0. The van der Waals surface area contributed by atoms with Gasteiger partial charge in [-0.15, -0.1) is 0 Å². The van der Waals surface area contributed by atoms with Crippen molar-refractivity contribution in [2.45, 2.75) is 33.1 Å². The van der Waals surface area contributed by atoms with Crippen molar-refractivity contribution in [3.63, 3.8) is 0 Å². The van der Waals surface area contributed by atoms with Gasteiger partial charge < -0.3 is 5.11 Å². The number of carbonyl (C=O) groups is 1. The fraction of sp³-hybridized carbons (Fsp3) is 0.462. The third-order valence-corrected chi connectivity index (χ3v) is 3.27. The summed E-state index contributed by atoms with van der Waals surface area (Å²) in [6, 6.07) is 4.32. The summed E-state index contributed by atoms with van der Waals surface area (Å²) in [6.07, 6.45) is 2.40. The molecule has 80 valence electrons. The summed E-state index contributed by atoms with van der Waals surface area (Å²) >= 11 is 0. The van der Waals surface area contributed by atoms with Crippen LogP contribution in [0.3, 0.4) is 0 Å². The second-order valence-electron chi connectivity index (χ2n) is 4.50. The molecule has 1 aliphatic carbocycles. The van der Waals surface area contributed by atoms with Crippen molar-refractivity contribution in [1.82, 2.24) is 0 Å². The lowest BCUT2D eigenvalue weighted by atomic mass is 9.81. The van der Waals surface area contributed by atoms with E-state index in [0.717, 1.165) is 12.8 Å². The highest BCUT2D eigenvalue weighted by atomic mass is 16.4. The van der Waals surface area contributed by atoms with Gasteiger partial charge in [0, 0.05) is 0 Å². The van der Waals surface area contributed by atoms with Crippen molar-refractivity contribution in [3.05, 3.63) is 34.4 Å². The Morgan fingerprint density at radius 2 is 2.13 bits per heavy atom. The molecule has 0 heterocycles. The summed E-state index contributed by atoms with van der Waals surface area (Å²) in [4.78, 5) is 10.9. The Balaban J connectivity index is 2.37. The molecule has 0 spiro atoms. The first-order chi connectivity index (χ1) is 7.08. The maximum Gasteiger partial charge on any atom is 0.306 e. The van der Waals surface area contributed by atoms with Gasteiger partial charge in [-0.05, 0) is 49.8 Å². The quantitative estimate of drug-likeness (QED) is 0.763. The van der Waals surface area contributed by atoms with Crippen molar-refractivity contribution in [2.75, 3.05) is 0 Å². The van der Waals surface area contributed by atoms with E-state index in [1.807, 2.05) is 0 Å². The van der Waals surface area contributed by atoms with Crippen LogP contribution in [0.5, 0.6) is 0 Å². The number of aryl methyl sites for hydroxylation is 2. The Bertz CT molecular complexity index is 407. The lowest BCUT2D eigenvalue weighted by Crippen LogP contribution is -2.22. The molecule has 0 radical (unpaired) electrons. The number of benzene rings is 1. The average Bonchev–Trinajstić information content (AvgIpc) is 2.16. The highest BCUT2D eigenvalue weighted by molar-refractivity contribution is 5.71. The number of rotatable bonds is 1. The molecule has 1 aromatic rings. The zero-order valence-corrected chi connectivity index (χ0v) is 9.21. The number of fused-ring (bicyclic) bond motifs is 1. The first-order valence-electron chi connectivity index (χ1n) is 5.39. The van der Waals surface area contributed by atoms with Crippen molar-refractivity contribution in [1.29, 1.82) is 0 Å². The van der Waals surface area contributed by atoms with Crippen LogP contribution in [0.25, 0.3) is 0 Å². The molecule has 0 bridgehead atoms. The predicted octanol–water partition coefficient (Wildman–Crippen LogP) is 2.49. The molecule has 15 heavy (non-hydrogen) atoms. The molecule has 2 rings (SSSR count). The Hall–Kier alpha value is -1.31. The average molecular weight is 204 g/mol. The molecule has 2 nitrogen and oxygen atoms in total. The number of aliphatic carboxylic acids is 1. The van der Waals surface area contributed by atoms with E-state index in [1.54, 1.807) is 0 Å². The van der Waals surface area contributed by atoms with Gasteiger partial charge in [-0.3, -0.25) is 4.79 Å². The Morgan fingerprint density at radius 1 is 1.40 bits per heavy atom. The Kier molecular flexibility index (Phi) is 2.51. The molecule has 1 aromatic carbocycles. The standard InChI is InChI=1S/C13H16O2/c1-8-5-9(2)12-4-3-10(13(14)15)7-11(12)6-8/h5-6,10H,3-4,7H2,1-2H3,(H,14,15). The van der Waals surface area contributed by atoms with Crippen LogP contribution in [0, 0.1) is 19.8 Å². The molecule has 2 heteroatoms. The van der Waals surface area contributed by atoms with Crippen LogP contribution in [0.2, 0.25) is 0 Å². The Morgan fingerprint density at radius 3 is 2.80 bits per heavy atom. The van der Waals surface area contributed by atoms with Gasteiger partial charge in [0.1, 0.15) is 0 Å². The highest BCUT2D eigenvalue weighted by Gasteiger charge is 2.24. The van der Waals surface area contributed by atoms with Crippen LogP contribution in [-0.2, 0) is 17.6 Å².